The number of hydrogen-bond donors (Lipinski definition) is 1. The van der Waals surface area contributed by atoms with Gasteiger partial charge in [-0.3, -0.25) is 14.5 Å². The van der Waals surface area contributed by atoms with Gasteiger partial charge in [-0.05, 0) is 12.8 Å². The molecule has 4 nitrogen and oxygen atoms in total. The van der Waals surface area contributed by atoms with Crippen molar-refractivity contribution in [2.24, 2.45) is 5.73 Å². The van der Waals surface area contributed by atoms with Crippen LogP contribution in [-0.4, -0.2) is 40.3 Å². The minimum Gasteiger partial charge on any atom is -0.328 e. The van der Waals surface area contributed by atoms with E-state index in [1.807, 2.05) is 0 Å². The maximum Gasteiger partial charge on any atom is 0.239 e. The first-order valence-electron chi connectivity index (χ1n) is 5.33. The molecule has 0 radical (unpaired) electrons. The van der Waals surface area contributed by atoms with Crippen LogP contribution in [-0.2, 0) is 9.59 Å². The summed E-state index contributed by atoms with van der Waals surface area (Å²) in [6, 6.07) is 0. The molecule has 2 rings (SSSR count). The summed E-state index contributed by atoms with van der Waals surface area (Å²) in [6.45, 7) is 0.412. The lowest BCUT2D eigenvalue weighted by molar-refractivity contribution is -0.149. The largest absolute Gasteiger partial charge is 0.328 e. The normalized spacial score (nSPS) is 26.1. The fourth-order valence-corrected chi connectivity index (χ4v) is 3.28. The lowest BCUT2D eigenvalue weighted by atomic mass is 9.95. The summed E-state index contributed by atoms with van der Waals surface area (Å²) >= 11 is 1.40. The highest BCUT2D eigenvalue weighted by Crippen LogP contribution is 2.36. The summed E-state index contributed by atoms with van der Waals surface area (Å²) in [4.78, 5) is 25.0. The third kappa shape index (κ3) is 1.78. The summed E-state index contributed by atoms with van der Waals surface area (Å²) in [6.07, 6.45) is 3.90. The van der Waals surface area contributed by atoms with E-state index >= 15 is 0 Å². The van der Waals surface area contributed by atoms with Crippen molar-refractivity contribution in [1.82, 2.24) is 4.90 Å². The molecular weight excluding hydrogens is 212 g/mol. The molecule has 1 aliphatic heterocycles. The van der Waals surface area contributed by atoms with Crippen molar-refractivity contribution < 1.29 is 9.59 Å². The van der Waals surface area contributed by atoms with Gasteiger partial charge in [-0.15, -0.1) is 11.8 Å². The molecular formula is C10H16N2O2S. The molecule has 0 aromatic heterocycles. The monoisotopic (exact) mass is 228 g/mol. The van der Waals surface area contributed by atoms with Crippen LogP contribution in [0, 0.1) is 0 Å². The topological polar surface area (TPSA) is 63.4 Å². The van der Waals surface area contributed by atoms with Crippen molar-refractivity contribution in [3.63, 3.8) is 0 Å². The van der Waals surface area contributed by atoms with Gasteiger partial charge in [0.15, 0.2) is 0 Å². The molecule has 0 bridgehead atoms. The van der Waals surface area contributed by atoms with E-state index in [0.717, 1.165) is 25.7 Å². The Morgan fingerprint density at radius 1 is 1.20 bits per heavy atom. The SMILES string of the molecule is NCC1(N2C(=O)CSCC2=O)CCCC1. The lowest BCUT2D eigenvalue weighted by Gasteiger charge is -2.40. The van der Waals surface area contributed by atoms with Crippen LogP contribution in [0.1, 0.15) is 25.7 Å². The average Bonchev–Trinajstić information content (AvgIpc) is 2.67. The van der Waals surface area contributed by atoms with Crippen molar-refractivity contribution in [3.8, 4) is 0 Å². The van der Waals surface area contributed by atoms with Crippen molar-refractivity contribution in [2.45, 2.75) is 31.2 Å². The van der Waals surface area contributed by atoms with Crippen molar-refractivity contribution >= 4 is 23.6 Å². The van der Waals surface area contributed by atoms with Gasteiger partial charge in [-0.25, -0.2) is 0 Å². The fraction of sp³-hybridized carbons (Fsp3) is 0.800. The number of nitrogens with zero attached hydrogens (tertiary/aromatic N) is 1. The molecule has 0 spiro atoms. The molecule has 2 amide bonds. The predicted molar refractivity (Wildman–Crippen MR) is 59.4 cm³/mol. The molecule has 15 heavy (non-hydrogen) atoms. The van der Waals surface area contributed by atoms with Gasteiger partial charge in [-0.1, -0.05) is 12.8 Å². The zero-order valence-electron chi connectivity index (χ0n) is 8.70. The van der Waals surface area contributed by atoms with E-state index in [2.05, 4.69) is 0 Å². The van der Waals surface area contributed by atoms with Crippen LogP contribution in [0.5, 0.6) is 0 Å². The van der Waals surface area contributed by atoms with Gasteiger partial charge in [0.25, 0.3) is 0 Å². The molecule has 0 aromatic carbocycles. The molecule has 1 aliphatic carbocycles. The Morgan fingerprint density at radius 2 is 1.73 bits per heavy atom. The van der Waals surface area contributed by atoms with Gasteiger partial charge in [0.2, 0.25) is 11.8 Å². The smallest absolute Gasteiger partial charge is 0.239 e. The third-order valence-electron chi connectivity index (χ3n) is 3.34. The molecule has 1 saturated carbocycles. The van der Waals surface area contributed by atoms with Crippen LogP contribution in [0.3, 0.4) is 0 Å². The minimum atomic E-state index is -0.352. The Bertz CT molecular complexity index is 271. The minimum absolute atomic E-state index is 0.0522. The molecule has 1 heterocycles. The molecule has 0 unspecified atom stereocenters. The molecule has 2 N–H and O–H groups in total. The maximum absolute atomic E-state index is 11.8. The highest BCUT2D eigenvalue weighted by atomic mass is 32.2. The Kier molecular flexibility index (Phi) is 3.02. The zero-order chi connectivity index (χ0) is 10.9. The van der Waals surface area contributed by atoms with E-state index in [-0.39, 0.29) is 17.4 Å². The first-order valence-corrected chi connectivity index (χ1v) is 6.49. The highest BCUT2D eigenvalue weighted by Gasteiger charge is 2.45. The van der Waals surface area contributed by atoms with E-state index in [0.29, 0.717) is 18.1 Å². The Morgan fingerprint density at radius 3 is 2.20 bits per heavy atom. The third-order valence-corrected chi connectivity index (χ3v) is 4.24. The van der Waals surface area contributed by atoms with E-state index in [4.69, 9.17) is 5.73 Å². The predicted octanol–water partition coefficient (Wildman–Crippen LogP) is 0.360. The number of hydrogen-bond acceptors (Lipinski definition) is 4. The number of carbonyl (C=O) groups is 2. The number of imide groups is 1. The van der Waals surface area contributed by atoms with E-state index in [1.54, 1.807) is 0 Å². The number of amides is 2. The van der Waals surface area contributed by atoms with Gasteiger partial charge in [-0.2, -0.15) is 0 Å². The van der Waals surface area contributed by atoms with Crippen LogP contribution in [0.25, 0.3) is 0 Å². The molecule has 5 heteroatoms. The molecule has 1 saturated heterocycles. The second kappa shape index (κ2) is 4.14. The maximum atomic E-state index is 11.8. The fourth-order valence-electron chi connectivity index (χ4n) is 2.58. The summed E-state index contributed by atoms with van der Waals surface area (Å²) in [7, 11) is 0. The summed E-state index contributed by atoms with van der Waals surface area (Å²) in [5, 5.41) is 0. The lowest BCUT2D eigenvalue weighted by Crippen LogP contribution is -2.59. The van der Waals surface area contributed by atoms with Crippen molar-refractivity contribution in [2.75, 3.05) is 18.1 Å². The van der Waals surface area contributed by atoms with Crippen molar-refractivity contribution in [1.29, 1.82) is 0 Å². The molecule has 84 valence electrons. The summed E-state index contributed by atoms with van der Waals surface area (Å²) in [5.74, 6) is 0.744. The molecule has 2 aliphatic rings. The zero-order valence-corrected chi connectivity index (χ0v) is 9.52. The first-order chi connectivity index (χ1) is 7.19. The van der Waals surface area contributed by atoms with Gasteiger partial charge in [0.1, 0.15) is 0 Å². The standard InChI is InChI=1S/C10H16N2O2S/c11-7-10(3-1-2-4-10)12-8(13)5-15-6-9(12)14/h1-7,11H2. The van der Waals surface area contributed by atoms with E-state index < -0.39 is 0 Å². The second-order valence-corrected chi connectivity index (χ2v) is 5.24. The highest BCUT2D eigenvalue weighted by molar-refractivity contribution is 8.00. The van der Waals surface area contributed by atoms with Crippen LogP contribution >= 0.6 is 11.8 Å². The quantitative estimate of drug-likeness (QED) is 0.693. The van der Waals surface area contributed by atoms with Gasteiger partial charge < -0.3 is 5.73 Å². The summed E-state index contributed by atoms with van der Waals surface area (Å²) < 4.78 is 0. The molecule has 2 fully saturated rings. The van der Waals surface area contributed by atoms with Crippen LogP contribution < -0.4 is 5.73 Å². The van der Waals surface area contributed by atoms with Gasteiger partial charge >= 0.3 is 0 Å². The van der Waals surface area contributed by atoms with E-state index in [9.17, 15) is 9.59 Å². The average molecular weight is 228 g/mol. The Labute approximate surface area is 93.6 Å². The second-order valence-electron chi connectivity index (χ2n) is 4.25. The van der Waals surface area contributed by atoms with Gasteiger partial charge in [0.05, 0.1) is 17.0 Å². The van der Waals surface area contributed by atoms with Gasteiger partial charge in [0, 0.05) is 6.54 Å². The Balaban J connectivity index is 2.25. The number of carbonyl (C=O) groups excluding carboxylic acids is 2. The Hall–Kier alpha value is -0.550. The molecule has 0 aromatic rings. The number of rotatable bonds is 2. The summed E-state index contributed by atoms with van der Waals surface area (Å²) in [5.41, 5.74) is 5.42. The molecule has 0 atom stereocenters. The van der Waals surface area contributed by atoms with Crippen LogP contribution in [0.15, 0.2) is 0 Å². The van der Waals surface area contributed by atoms with Crippen LogP contribution in [0.2, 0.25) is 0 Å². The number of nitrogens with two attached hydrogens (primary N) is 1. The number of thioether (sulfide) groups is 1. The van der Waals surface area contributed by atoms with E-state index in [1.165, 1.54) is 16.7 Å². The van der Waals surface area contributed by atoms with Crippen molar-refractivity contribution in [3.05, 3.63) is 0 Å². The first kappa shape index (κ1) is 11.0. The van der Waals surface area contributed by atoms with Crippen LogP contribution in [0.4, 0.5) is 0 Å².